The minimum atomic E-state index is -0.313. The van der Waals surface area contributed by atoms with Crippen LogP contribution >= 0.6 is 0 Å². The Morgan fingerprint density at radius 1 is 0.920 bits per heavy atom. The lowest BCUT2D eigenvalue weighted by atomic mass is 9.74. The summed E-state index contributed by atoms with van der Waals surface area (Å²) in [5.41, 5.74) is 6.07. The Hall–Kier alpha value is -2.72. The van der Waals surface area contributed by atoms with Crippen LogP contribution in [-0.4, -0.2) is 17.3 Å². The van der Waals surface area contributed by atoms with E-state index >= 15 is 0 Å². The predicted molar refractivity (Wildman–Crippen MR) is 103 cm³/mol. The maximum atomic E-state index is 9.12. The highest BCUT2D eigenvalue weighted by molar-refractivity contribution is 6.17. The predicted octanol–water partition coefficient (Wildman–Crippen LogP) is 4.06. The molecule has 0 saturated heterocycles. The first-order valence-corrected chi connectivity index (χ1v) is 8.54. The smallest absolute Gasteiger partial charge is 0.504 e. The van der Waals surface area contributed by atoms with Crippen molar-refractivity contribution in [3.8, 4) is 11.4 Å². The van der Waals surface area contributed by atoms with Gasteiger partial charge in [0.1, 0.15) is 5.75 Å². The highest BCUT2D eigenvalue weighted by Crippen LogP contribution is 2.47. The molecule has 4 heteroatoms. The number of fused-ring (bicyclic) bond motifs is 5. The van der Waals surface area contributed by atoms with Crippen LogP contribution < -0.4 is 4.65 Å². The van der Waals surface area contributed by atoms with Gasteiger partial charge in [-0.1, -0.05) is 50.2 Å². The second kappa shape index (κ2) is 4.90. The van der Waals surface area contributed by atoms with E-state index in [1.54, 1.807) is 0 Å². The Balaban J connectivity index is 1.99. The maximum Gasteiger partial charge on any atom is 0.504 e. The molecule has 1 aromatic heterocycles. The lowest BCUT2D eigenvalue weighted by molar-refractivity contribution is 0.452. The summed E-state index contributed by atoms with van der Waals surface area (Å²) in [6, 6.07) is 21.2. The van der Waals surface area contributed by atoms with Gasteiger partial charge in [0.05, 0.1) is 16.7 Å². The molecule has 0 amide bonds. The molecule has 0 bridgehead atoms. The van der Waals surface area contributed by atoms with Crippen molar-refractivity contribution in [3.05, 3.63) is 71.8 Å². The number of benzene rings is 3. The van der Waals surface area contributed by atoms with Gasteiger partial charge >= 0.3 is 7.69 Å². The average molecular weight is 327 g/mol. The van der Waals surface area contributed by atoms with Gasteiger partial charge in [-0.25, -0.2) is 0 Å². The molecule has 5 rings (SSSR count). The average Bonchev–Trinajstić information content (AvgIpc) is 2.96. The largest absolute Gasteiger partial charge is 0.539 e. The standard InChI is InChI=1S/C21H18BNO2/c1-21(2)16-8-5-7-15-14-6-3-4-9-18(14)23(20(15)16)19-11-10-13(25-22-24)12-17(19)21/h3-12,22,24H,1-2H3. The fraction of sp³-hybridized carbons (Fsp3) is 0.143. The number of hydrogen-bond acceptors (Lipinski definition) is 2. The monoisotopic (exact) mass is 327 g/mol. The van der Waals surface area contributed by atoms with E-state index in [1.165, 1.54) is 38.6 Å². The Kier molecular flexibility index (Phi) is 2.86. The molecule has 2 heterocycles. The van der Waals surface area contributed by atoms with Crippen LogP contribution in [0.15, 0.2) is 60.7 Å². The molecule has 0 atom stereocenters. The Morgan fingerprint density at radius 2 is 1.72 bits per heavy atom. The topological polar surface area (TPSA) is 34.4 Å². The third-order valence-corrected chi connectivity index (χ3v) is 5.48. The fourth-order valence-electron chi connectivity index (χ4n) is 4.29. The highest BCUT2D eigenvalue weighted by Gasteiger charge is 2.35. The fourth-order valence-corrected chi connectivity index (χ4v) is 4.29. The number of para-hydroxylation sites is 2. The third kappa shape index (κ3) is 1.80. The first-order valence-electron chi connectivity index (χ1n) is 8.54. The van der Waals surface area contributed by atoms with Crippen molar-refractivity contribution in [2.24, 2.45) is 0 Å². The summed E-state index contributed by atoms with van der Waals surface area (Å²) < 4.78 is 7.71. The summed E-state index contributed by atoms with van der Waals surface area (Å²) in [5, 5.41) is 11.7. The zero-order valence-electron chi connectivity index (χ0n) is 14.3. The molecule has 4 aromatic rings. The minimum absolute atomic E-state index is 0.145. The molecule has 0 radical (unpaired) electrons. The summed E-state index contributed by atoms with van der Waals surface area (Å²) in [7, 11) is -0.313. The van der Waals surface area contributed by atoms with Crippen LogP contribution in [0.25, 0.3) is 27.5 Å². The van der Waals surface area contributed by atoms with Gasteiger partial charge in [-0.2, -0.15) is 0 Å². The molecule has 122 valence electrons. The van der Waals surface area contributed by atoms with Gasteiger partial charge in [-0.05, 0) is 35.4 Å². The van der Waals surface area contributed by atoms with Crippen molar-refractivity contribution in [3.63, 3.8) is 0 Å². The van der Waals surface area contributed by atoms with Gasteiger partial charge in [-0.15, -0.1) is 0 Å². The molecule has 25 heavy (non-hydrogen) atoms. The van der Waals surface area contributed by atoms with Gasteiger partial charge in [-0.3, -0.25) is 0 Å². The second-order valence-corrected chi connectivity index (χ2v) is 7.13. The maximum absolute atomic E-state index is 9.12. The lowest BCUT2D eigenvalue weighted by Gasteiger charge is -2.35. The van der Waals surface area contributed by atoms with Gasteiger partial charge in [0, 0.05) is 16.2 Å². The van der Waals surface area contributed by atoms with Crippen molar-refractivity contribution in [2.75, 3.05) is 0 Å². The minimum Gasteiger partial charge on any atom is -0.539 e. The molecule has 1 aliphatic heterocycles. The van der Waals surface area contributed by atoms with E-state index in [1.807, 2.05) is 6.07 Å². The summed E-state index contributed by atoms with van der Waals surface area (Å²) in [5.74, 6) is 0.696. The third-order valence-electron chi connectivity index (χ3n) is 5.48. The van der Waals surface area contributed by atoms with Crippen LogP contribution in [0.2, 0.25) is 0 Å². The van der Waals surface area contributed by atoms with Crippen molar-refractivity contribution in [2.45, 2.75) is 19.3 Å². The number of hydrogen-bond donors (Lipinski definition) is 1. The first-order chi connectivity index (χ1) is 12.1. The Labute approximate surface area is 146 Å². The summed E-state index contributed by atoms with van der Waals surface area (Å²) in [6.07, 6.45) is 0. The van der Waals surface area contributed by atoms with Crippen LogP contribution in [0.3, 0.4) is 0 Å². The second-order valence-electron chi connectivity index (χ2n) is 7.13. The normalized spacial score (nSPS) is 14.5. The van der Waals surface area contributed by atoms with Crippen molar-refractivity contribution >= 4 is 29.5 Å². The lowest BCUT2D eigenvalue weighted by Crippen LogP contribution is -2.26. The number of aromatic nitrogens is 1. The van der Waals surface area contributed by atoms with Gasteiger partial charge < -0.3 is 14.2 Å². The van der Waals surface area contributed by atoms with E-state index in [9.17, 15) is 0 Å². The van der Waals surface area contributed by atoms with Crippen LogP contribution in [0.4, 0.5) is 0 Å². The van der Waals surface area contributed by atoms with E-state index in [4.69, 9.17) is 9.68 Å². The van der Waals surface area contributed by atoms with Crippen molar-refractivity contribution < 1.29 is 9.68 Å². The summed E-state index contributed by atoms with van der Waals surface area (Å²) in [6.45, 7) is 4.51. The van der Waals surface area contributed by atoms with Crippen LogP contribution in [0.5, 0.6) is 5.75 Å². The molecule has 0 unspecified atom stereocenters. The molecule has 0 spiro atoms. The number of nitrogens with zero attached hydrogens (tertiary/aromatic N) is 1. The van der Waals surface area contributed by atoms with Crippen LogP contribution in [0.1, 0.15) is 25.0 Å². The van der Waals surface area contributed by atoms with Gasteiger partial charge in [0.15, 0.2) is 0 Å². The molecule has 3 aromatic carbocycles. The van der Waals surface area contributed by atoms with Crippen LogP contribution in [-0.2, 0) is 5.41 Å². The van der Waals surface area contributed by atoms with Crippen molar-refractivity contribution in [1.82, 2.24) is 4.57 Å². The molecular weight excluding hydrogens is 309 g/mol. The Morgan fingerprint density at radius 3 is 2.56 bits per heavy atom. The van der Waals surface area contributed by atoms with Crippen LogP contribution in [0, 0.1) is 0 Å². The van der Waals surface area contributed by atoms with E-state index in [-0.39, 0.29) is 13.1 Å². The summed E-state index contributed by atoms with van der Waals surface area (Å²) >= 11 is 0. The molecule has 0 saturated carbocycles. The highest BCUT2D eigenvalue weighted by atomic mass is 16.5. The molecule has 1 aliphatic rings. The Bertz CT molecular complexity index is 1140. The molecule has 3 nitrogen and oxygen atoms in total. The SMILES string of the molecule is CC1(C)c2cc(OBO)ccc2-n2c3ccccc3c3cccc1c32. The quantitative estimate of drug-likeness (QED) is 0.564. The van der Waals surface area contributed by atoms with E-state index in [2.05, 4.69) is 73.0 Å². The van der Waals surface area contributed by atoms with Gasteiger partial charge in [0.25, 0.3) is 0 Å². The van der Waals surface area contributed by atoms with E-state index in [0.717, 1.165) is 0 Å². The van der Waals surface area contributed by atoms with Gasteiger partial charge in [0.2, 0.25) is 0 Å². The zero-order chi connectivity index (χ0) is 17.2. The van der Waals surface area contributed by atoms with Crippen molar-refractivity contribution in [1.29, 1.82) is 0 Å². The molecule has 0 fully saturated rings. The molecule has 1 N–H and O–H groups in total. The molecular formula is C21H18BNO2. The number of rotatable bonds is 2. The van der Waals surface area contributed by atoms with E-state index in [0.29, 0.717) is 5.75 Å². The molecule has 0 aliphatic carbocycles. The zero-order valence-corrected chi connectivity index (χ0v) is 14.3. The first kappa shape index (κ1) is 14.6. The van der Waals surface area contributed by atoms with E-state index < -0.39 is 0 Å². The summed E-state index contributed by atoms with van der Waals surface area (Å²) in [4.78, 5) is 0.